The molecule has 10 heteroatoms. The lowest BCUT2D eigenvalue weighted by molar-refractivity contribution is 0.103. The molecule has 0 aliphatic rings. The van der Waals surface area contributed by atoms with Crippen molar-refractivity contribution in [2.75, 3.05) is 10.5 Å². The van der Waals surface area contributed by atoms with Gasteiger partial charge in [0.15, 0.2) is 0 Å². The molecule has 0 spiro atoms. The lowest BCUT2D eigenvalue weighted by Crippen LogP contribution is -2.17. The molecule has 0 aliphatic carbocycles. The van der Waals surface area contributed by atoms with Gasteiger partial charge in [0.2, 0.25) is 15.8 Å². The molecule has 0 unspecified atom stereocenters. The van der Waals surface area contributed by atoms with Crippen molar-refractivity contribution in [3.8, 4) is 11.1 Å². The third kappa shape index (κ3) is 4.74. The lowest BCUT2D eigenvalue weighted by atomic mass is 10.00. The molecule has 6 nitrogen and oxygen atoms in total. The van der Waals surface area contributed by atoms with Crippen LogP contribution in [-0.2, 0) is 10.0 Å². The Morgan fingerprint density at radius 1 is 1.09 bits per heavy atom. The Morgan fingerprint density at radius 2 is 1.76 bits per heavy atom. The highest BCUT2D eigenvalue weighted by Crippen LogP contribution is 2.29. The molecule has 170 valence electrons. The fourth-order valence-corrected chi connectivity index (χ4v) is 4.72. The van der Waals surface area contributed by atoms with Crippen molar-refractivity contribution in [2.24, 2.45) is 0 Å². The minimum Gasteiger partial charge on any atom is -0.345 e. The first-order valence-corrected chi connectivity index (χ1v) is 12.0. The largest absolute Gasteiger partial charge is 0.345 e. The van der Waals surface area contributed by atoms with Gasteiger partial charge in [-0.2, -0.15) is 0 Å². The number of aromatic amines is 1. The van der Waals surface area contributed by atoms with Gasteiger partial charge < -0.3 is 4.98 Å². The van der Waals surface area contributed by atoms with Gasteiger partial charge in [-0.25, -0.2) is 22.2 Å². The van der Waals surface area contributed by atoms with E-state index in [1.807, 2.05) is 0 Å². The van der Waals surface area contributed by atoms with Crippen molar-refractivity contribution in [1.29, 1.82) is 0 Å². The molecule has 2 heterocycles. The molecule has 33 heavy (non-hydrogen) atoms. The maximum Gasteiger partial charge on any atom is 0.232 e. The standard InChI is InChI=1S/C23H18ClF2N3O3S/c1-2-7-33(31,32)29-16-9-19(25)21(20(26)10-16)22(30)18-12-28-23-17(18)8-14(11-27-23)13-3-5-15(24)6-4-13/h3-6,8-12,29H,2,7H2,1H3,(H,27,28). The predicted octanol–water partition coefficient (Wildman–Crippen LogP) is 5.54. The molecule has 0 saturated heterocycles. The van der Waals surface area contributed by atoms with Crippen molar-refractivity contribution >= 4 is 44.1 Å². The lowest BCUT2D eigenvalue weighted by Gasteiger charge is -2.10. The molecule has 2 N–H and O–H groups in total. The first kappa shape index (κ1) is 22.9. The molecule has 4 aromatic rings. The molecule has 4 rings (SSSR count). The molecule has 0 fully saturated rings. The van der Waals surface area contributed by atoms with Gasteiger partial charge in [-0.3, -0.25) is 9.52 Å². The van der Waals surface area contributed by atoms with Gasteiger partial charge in [-0.05, 0) is 42.3 Å². The summed E-state index contributed by atoms with van der Waals surface area (Å²) in [5.41, 5.74) is 0.821. The van der Waals surface area contributed by atoms with Crippen molar-refractivity contribution in [3.63, 3.8) is 0 Å². The number of nitrogens with zero attached hydrogens (tertiary/aromatic N) is 1. The van der Waals surface area contributed by atoms with E-state index < -0.39 is 33.0 Å². The van der Waals surface area contributed by atoms with E-state index in [-0.39, 0.29) is 17.0 Å². The van der Waals surface area contributed by atoms with Crippen LogP contribution in [0.4, 0.5) is 14.5 Å². The number of carbonyl (C=O) groups excluding carboxylic acids is 1. The maximum absolute atomic E-state index is 14.8. The van der Waals surface area contributed by atoms with E-state index >= 15 is 0 Å². The average molecular weight is 490 g/mol. The van der Waals surface area contributed by atoms with Crippen LogP contribution in [-0.4, -0.2) is 29.9 Å². The van der Waals surface area contributed by atoms with E-state index in [4.69, 9.17) is 11.6 Å². The third-order valence-corrected chi connectivity index (χ3v) is 6.71. The number of hydrogen-bond donors (Lipinski definition) is 2. The first-order valence-electron chi connectivity index (χ1n) is 9.96. The Balaban J connectivity index is 1.72. The highest BCUT2D eigenvalue weighted by atomic mass is 35.5. The highest BCUT2D eigenvalue weighted by Gasteiger charge is 2.24. The second-order valence-electron chi connectivity index (χ2n) is 7.39. The zero-order valence-corrected chi connectivity index (χ0v) is 18.9. The second kappa shape index (κ2) is 8.92. The number of pyridine rings is 1. The Labute approximate surface area is 193 Å². The topological polar surface area (TPSA) is 91.9 Å². The number of sulfonamides is 1. The Kier molecular flexibility index (Phi) is 6.18. The van der Waals surface area contributed by atoms with E-state index in [1.165, 1.54) is 6.20 Å². The van der Waals surface area contributed by atoms with Crippen molar-refractivity contribution in [3.05, 3.63) is 82.6 Å². The zero-order valence-electron chi connectivity index (χ0n) is 17.3. The molecule has 0 atom stereocenters. The van der Waals surface area contributed by atoms with Crippen LogP contribution in [0.15, 0.2) is 54.9 Å². The Hall–Kier alpha value is -3.30. The number of H-pyrrole nitrogens is 1. The van der Waals surface area contributed by atoms with E-state index in [1.54, 1.807) is 43.5 Å². The molecule has 0 aliphatic heterocycles. The number of nitrogens with one attached hydrogen (secondary N) is 2. The van der Waals surface area contributed by atoms with Gasteiger partial charge in [0.05, 0.1) is 17.0 Å². The fraction of sp³-hybridized carbons (Fsp3) is 0.130. The predicted molar refractivity (Wildman–Crippen MR) is 124 cm³/mol. The van der Waals surface area contributed by atoms with Crippen LogP contribution >= 0.6 is 11.6 Å². The van der Waals surface area contributed by atoms with E-state index in [0.717, 1.165) is 17.7 Å². The van der Waals surface area contributed by atoms with Gasteiger partial charge in [0.25, 0.3) is 0 Å². The quantitative estimate of drug-likeness (QED) is 0.333. The number of aromatic nitrogens is 2. The molecular formula is C23H18ClF2N3O3S. The van der Waals surface area contributed by atoms with Crippen LogP contribution in [0.2, 0.25) is 5.02 Å². The Morgan fingerprint density at radius 3 is 2.39 bits per heavy atom. The van der Waals surface area contributed by atoms with Gasteiger partial charge in [0.1, 0.15) is 17.3 Å². The summed E-state index contributed by atoms with van der Waals surface area (Å²) in [5, 5.41) is 0.954. The molecule has 2 aromatic heterocycles. The molecule has 0 amide bonds. The van der Waals surface area contributed by atoms with Crippen LogP contribution in [0.3, 0.4) is 0 Å². The van der Waals surface area contributed by atoms with Gasteiger partial charge in [0, 0.05) is 33.9 Å². The fourth-order valence-electron chi connectivity index (χ4n) is 3.47. The molecule has 2 aromatic carbocycles. The average Bonchev–Trinajstić information content (AvgIpc) is 3.16. The van der Waals surface area contributed by atoms with Crippen LogP contribution in [0.5, 0.6) is 0 Å². The number of fused-ring (bicyclic) bond motifs is 1. The number of carbonyl (C=O) groups is 1. The second-order valence-corrected chi connectivity index (χ2v) is 9.67. The summed E-state index contributed by atoms with van der Waals surface area (Å²) in [6.07, 6.45) is 3.28. The van der Waals surface area contributed by atoms with Crippen LogP contribution in [0, 0.1) is 11.6 Å². The molecule has 0 radical (unpaired) electrons. The summed E-state index contributed by atoms with van der Waals surface area (Å²) in [4.78, 5) is 20.2. The van der Waals surface area contributed by atoms with Crippen molar-refractivity contribution in [2.45, 2.75) is 13.3 Å². The number of rotatable bonds is 7. The van der Waals surface area contributed by atoms with E-state index in [0.29, 0.717) is 28.0 Å². The van der Waals surface area contributed by atoms with Crippen molar-refractivity contribution in [1.82, 2.24) is 9.97 Å². The summed E-state index contributed by atoms with van der Waals surface area (Å²) >= 11 is 5.93. The molecule has 0 bridgehead atoms. The summed E-state index contributed by atoms with van der Waals surface area (Å²) in [7, 11) is -3.75. The zero-order chi connectivity index (χ0) is 23.8. The number of anilines is 1. The summed E-state index contributed by atoms with van der Waals surface area (Å²) in [5.74, 6) is -3.44. The van der Waals surface area contributed by atoms with Gasteiger partial charge in [-0.1, -0.05) is 30.7 Å². The van der Waals surface area contributed by atoms with Gasteiger partial charge >= 0.3 is 0 Å². The molecular weight excluding hydrogens is 472 g/mol. The maximum atomic E-state index is 14.8. The summed E-state index contributed by atoms with van der Waals surface area (Å²) in [6.45, 7) is 1.66. The molecule has 0 saturated carbocycles. The SMILES string of the molecule is CCCS(=O)(=O)Nc1cc(F)c(C(=O)c2c[nH]c3ncc(-c4ccc(Cl)cc4)cc23)c(F)c1. The number of hydrogen-bond acceptors (Lipinski definition) is 4. The third-order valence-electron chi connectivity index (χ3n) is 4.97. The minimum absolute atomic E-state index is 0.0328. The number of ketones is 1. The van der Waals surface area contributed by atoms with Crippen LogP contribution in [0.1, 0.15) is 29.3 Å². The van der Waals surface area contributed by atoms with Crippen molar-refractivity contribution < 1.29 is 22.0 Å². The van der Waals surface area contributed by atoms with Gasteiger partial charge in [-0.15, -0.1) is 0 Å². The van der Waals surface area contributed by atoms with E-state index in [9.17, 15) is 22.0 Å². The smallest absolute Gasteiger partial charge is 0.232 e. The minimum atomic E-state index is -3.75. The van der Waals surface area contributed by atoms with Crippen LogP contribution in [0.25, 0.3) is 22.2 Å². The number of halogens is 3. The van der Waals surface area contributed by atoms with E-state index in [2.05, 4.69) is 14.7 Å². The highest BCUT2D eigenvalue weighted by molar-refractivity contribution is 7.92. The number of benzene rings is 2. The Bertz CT molecular complexity index is 1450. The normalized spacial score (nSPS) is 11.6. The summed E-state index contributed by atoms with van der Waals surface area (Å²) in [6, 6.07) is 10.3. The summed E-state index contributed by atoms with van der Waals surface area (Å²) < 4.78 is 55.4. The first-order chi connectivity index (χ1) is 15.7. The monoisotopic (exact) mass is 489 g/mol. The van der Waals surface area contributed by atoms with Crippen LogP contribution < -0.4 is 4.72 Å².